The third-order valence-corrected chi connectivity index (χ3v) is 6.72. The van der Waals surface area contributed by atoms with Gasteiger partial charge in [0.05, 0.1) is 10.3 Å². The Morgan fingerprint density at radius 2 is 1.89 bits per heavy atom. The van der Waals surface area contributed by atoms with Crippen LogP contribution in [0.4, 0.5) is 4.39 Å². The molecule has 2 aromatic carbocycles. The normalized spacial score (nSPS) is 15.7. The topological polar surface area (TPSA) is 73.1 Å². The van der Waals surface area contributed by atoms with Gasteiger partial charge in [-0.1, -0.05) is 22.8 Å². The van der Waals surface area contributed by atoms with E-state index in [0.29, 0.717) is 10.8 Å². The predicted octanol–water partition coefficient (Wildman–Crippen LogP) is 4.22. The van der Waals surface area contributed by atoms with E-state index in [1.54, 1.807) is 6.07 Å². The molecular formula is C19H16ClFN2O3S. The van der Waals surface area contributed by atoms with Crippen LogP contribution in [0.1, 0.15) is 35.7 Å². The quantitative estimate of drug-likeness (QED) is 0.634. The molecule has 1 heterocycles. The van der Waals surface area contributed by atoms with Gasteiger partial charge in [-0.3, -0.25) is 0 Å². The van der Waals surface area contributed by atoms with Crippen molar-refractivity contribution in [2.24, 2.45) is 0 Å². The maximum Gasteiger partial charge on any atom is 0.242 e. The summed E-state index contributed by atoms with van der Waals surface area (Å²) in [6, 6.07) is 10.5. The third kappa shape index (κ3) is 3.37. The summed E-state index contributed by atoms with van der Waals surface area (Å²) < 4.78 is 44.0. The molecule has 0 aliphatic heterocycles. The van der Waals surface area contributed by atoms with Gasteiger partial charge in [0, 0.05) is 5.02 Å². The SMILES string of the molecule is Cc1ccc(F)cc1C1(c2noc(CS(=O)(=O)c3ccc(Cl)cc3)n2)CC1. The number of aryl methyl sites for hydroxylation is 1. The molecule has 1 saturated carbocycles. The minimum atomic E-state index is -3.64. The van der Waals surface area contributed by atoms with Crippen LogP contribution in [0.3, 0.4) is 0 Å². The van der Waals surface area contributed by atoms with Crippen LogP contribution in [0.2, 0.25) is 5.02 Å². The van der Waals surface area contributed by atoms with E-state index in [2.05, 4.69) is 10.1 Å². The summed E-state index contributed by atoms with van der Waals surface area (Å²) in [5.74, 6) is -0.312. The van der Waals surface area contributed by atoms with Crippen molar-refractivity contribution in [1.82, 2.24) is 10.1 Å². The van der Waals surface area contributed by atoms with Gasteiger partial charge in [-0.15, -0.1) is 0 Å². The highest BCUT2D eigenvalue weighted by Gasteiger charge is 2.51. The average Bonchev–Trinajstić information content (AvgIpc) is 3.30. The van der Waals surface area contributed by atoms with Gasteiger partial charge in [-0.05, 0) is 67.3 Å². The monoisotopic (exact) mass is 406 g/mol. The smallest absolute Gasteiger partial charge is 0.242 e. The molecule has 0 amide bonds. The molecule has 0 N–H and O–H groups in total. The highest BCUT2D eigenvalue weighted by molar-refractivity contribution is 7.90. The molecule has 27 heavy (non-hydrogen) atoms. The number of sulfone groups is 1. The second-order valence-electron chi connectivity index (χ2n) is 6.77. The maximum atomic E-state index is 13.7. The average molecular weight is 407 g/mol. The molecule has 0 radical (unpaired) electrons. The lowest BCUT2D eigenvalue weighted by Crippen LogP contribution is -2.13. The van der Waals surface area contributed by atoms with Crippen molar-refractivity contribution in [3.63, 3.8) is 0 Å². The van der Waals surface area contributed by atoms with E-state index in [1.165, 1.54) is 36.4 Å². The number of nitrogens with zero attached hydrogens (tertiary/aromatic N) is 2. The summed E-state index contributed by atoms with van der Waals surface area (Å²) in [5, 5.41) is 4.45. The van der Waals surface area contributed by atoms with Crippen LogP contribution in [0.5, 0.6) is 0 Å². The van der Waals surface area contributed by atoms with Gasteiger partial charge in [-0.25, -0.2) is 12.8 Å². The summed E-state index contributed by atoms with van der Waals surface area (Å²) >= 11 is 5.80. The number of rotatable bonds is 5. The molecule has 140 valence electrons. The van der Waals surface area contributed by atoms with E-state index < -0.39 is 21.0 Å². The van der Waals surface area contributed by atoms with Crippen molar-refractivity contribution in [3.8, 4) is 0 Å². The van der Waals surface area contributed by atoms with Crippen molar-refractivity contribution >= 4 is 21.4 Å². The van der Waals surface area contributed by atoms with Gasteiger partial charge >= 0.3 is 0 Å². The molecule has 0 atom stereocenters. The number of hydrogen-bond donors (Lipinski definition) is 0. The second-order valence-corrected chi connectivity index (χ2v) is 9.19. The fraction of sp³-hybridized carbons (Fsp3) is 0.263. The van der Waals surface area contributed by atoms with Crippen LogP contribution < -0.4 is 0 Å². The number of halogens is 2. The van der Waals surface area contributed by atoms with Crippen molar-refractivity contribution in [2.75, 3.05) is 0 Å². The van der Waals surface area contributed by atoms with Crippen LogP contribution in [-0.4, -0.2) is 18.6 Å². The largest absolute Gasteiger partial charge is 0.338 e. The Morgan fingerprint density at radius 3 is 2.56 bits per heavy atom. The summed E-state index contributed by atoms with van der Waals surface area (Å²) in [6.07, 6.45) is 1.53. The zero-order valence-electron chi connectivity index (χ0n) is 14.4. The van der Waals surface area contributed by atoms with E-state index in [-0.39, 0.29) is 16.6 Å². The molecule has 8 heteroatoms. The summed E-state index contributed by atoms with van der Waals surface area (Å²) in [5.41, 5.74) is 1.25. The van der Waals surface area contributed by atoms with Gasteiger partial charge in [0.1, 0.15) is 11.6 Å². The third-order valence-electron chi connectivity index (χ3n) is 4.85. The van der Waals surface area contributed by atoms with Crippen molar-refractivity contribution in [3.05, 3.63) is 76.1 Å². The Balaban J connectivity index is 1.62. The Kier molecular flexibility index (Phi) is 4.31. The molecule has 1 fully saturated rings. The lowest BCUT2D eigenvalue weighted by molar-refractivity contribution is 0.379. The zero-order valence-corrected chi connectivity index (χ0v) is 16.0. The van der Waals surface area contributed by atoms with Crippen LogP contribution in [-0.2, 0) is 21.0 Å². The molecule has 0 spiro atoms. The predicted molar refractivity (Wildman–Crippen MR) is 97.8 cm³/mol. The van der Waals surface area contributed by atoms with Crippen LogP contribution in [0.15, 0.2) is 51.9 Å². The molecule has 0 bridgehead atoms. The Morgan fingerprint density at radius 1 is 1.19 bits per heavy atom. The first kappa shape index (κ1) is 18.1. The van der Waals surface area contributed by atoms with Crippen molar-refractivity contribution in [2.45, 2.75) is 35.8 Å². The standard InChI is InChI=1S/C19H16ClFN2O3S/c1-12-2-5-14(21)10-16(12)19(8-9-19)18-22-17(26-23-18)11-27(24,25)15-6-3-13(20)4-7-15/h2-7,10H,8-9,11H2,1H3. The Labute approximate surface area is 161 Å². The maximum absolute atomic E-state index is 13.7. The van der Waals surface area contributed by atoms with Crippen molar-refractivity contribution < 1.29 is 17.3 Å². The molecule has 0 saturated heterocycles. The highest BCUT2D eigenvalue weighted by atomic mass is 35.5. The first-order valence-corrected chi connectivity index (χ1v) is 10.4. The molecular weight excluding hydrogens is 391 g/mol. The molecule has 3 aromatic rings. The molecule has 1 aliphatic rings. The minimum absolute atomic E-state index is 0.0141. The van der Waals surface area contributed by atoms with Crippen LogP contribution in [0.25, 0.3) is 0 Å². The zero-order chi connectivity index (χ0) is 19.2. The van der Waals surface area contributed by atoms with E-state index >= 15 is 0 Å². The van der Waals surface area contributed by atoms with Gasteiger partial charge in [-0.2, -0.15) is 4.98 Å². The van der Waals surface area contributed by atoms with Gasteiger partial charge in [0.25, 0.3) is 0 Å². The fourth-order valence-electron chi connectivity index (χ4n) is 3.24. The van der Waals surface area contributed by atoms with Gasteiger partial charge < -0.3 is 4.52 Å². The van der Waals surface area contributed by atoms with Crippen molar-refractivity contribution in [1.29, 1.82) is 0 Å². The summed E-state index contributed by atoms with van der Waals surface area (Å²) in [6.45, 7) is 1.90. The fourth-order valence-corrected chi connectivity index (χ4v) is 4.53. The number of aromatic nitrogens is 2. The van der Waals surface area contributed by atoms with Crippen LogP contribution >= 0.6 is 11.6 Å². The van der Waals surface area contributed by atoms with Gasteiger partial charge in [0.2, 0.25) is 5.89 Å². The Hall–Kier alpha value is -2.25. The van der Waals surface area contributed by atoms with E-state index in [1.807, 2.05) is 6.92 Å². The van der Waals surface area contributed by atoms with Crippen LogP contribution in [0, 0.1) is 12.7 Å². The molecule has 5 nitrogen and oxygen atoms in total. The highest BCUT2D eigenvalue weighted by Crippen LogP contribution is 2.53. The van der Waals surface area contributed by atoms with E-state index in [0.717, 1.165) is 24.0 Å². The van der Waals surface area contributed by atoms with E-state index in [4.69, 9.17) is 16.1 Å². The summed E-state index contributed by atoms with van der Waals surface area (Å²) in [7, 11) is -3.64. The lowest BCUT2D eigenvalue weighted by Gasteiger charge is -2.14. The Bertz CT molecular complexity index is 1110. The van der Waals surface area contributed by atoms with Gasteiger partial charge in [0.15, 0.2) is 15.7 Å². The summed E-state index contributed by atoms with van der Waals surface area (Å²) in [4.78, 5) is 4.45. The minimum Gasteiger partial charge on any atom is -0.338 e. The lowest BCUT2D eigenvalue weighted by atomic mass is 9.91. The second kappa shape index (κ2) is 6.42. The molecule has 0 unspecified atom stereocenters. The molecule has 1 aliphatic carbocycles. The van der Waals surface area contributed by atoms with E-state index in [9.17, 15) is 12.8 Å². The first-order chi connectivity index (χ1) is 12.8. The first-order valence-electron chi connectivity index (χ1n) is 8.38. The number of hydrogen-bond acceptors (Lipinski definition) is 5. The number of benzene rings is 2. The molecule has 4 rings (SSSR count). The molecule has 1 aromatic heterocycles.